The number of hydrogen-bond donors (Lipinski definition) is 1. The molecular formula is C14H23NO4S. The van der Waals surface area contributed by atoms with Crippen molar-refractivity contribution in [1.29, 1.82) is 0 Å². The summed E-state index contributed by atoms with van der Waals surface area (Å²) >= 11 is 0. The van der Waals surface area contributed by atoms with Crippen LogP contribution in [0.15, 0.2) is 17.0 Å². The minimum atomic E-state index is -3.49. The Kier molecular flexibility index (Phi) is 6.45. The molecular weight excluding hydrogens is 278 g/mol. The van der Waals surface area contributed by atoms with E-state index in [0.29, 0.717) is 42.4 Å². The SMILES string of the molecule is CCOCCCNS(=O)(=O)c1ccc(OC)c(C)c1C. The Labute approximate surface area is 121 Å². The molecule has 0 heterocycles. The van der Waals surface area contributed by atoms with Gasteiger partial charge in [-0.1, -0.05) is 0 Å². The molecule has 0 atom stereocenters. The van der Waals surface area contributed by atoms with Gasteiger partial charge in [0.15, 0.2) is 0 Å². The monoisotopic (exact) mass is 301 g/mol. The van der Waals surface area contributed by atoms with Crippen LogP contribution in [0.1, 0.15) is 24.5 Å². The van der Waals surface area contributed by atoms with Gasteiger partial charge in [0.1, 0.15) is 5.75 Å². The topological polar surface area (TPSA) is 64.6 Å². The average Bonchev–Trinajstić information content (AvgIpc) is 2.41. The number of sulfonamides is 1. The van der Waals surface area contributed by atoms with Gasteiger partial charge in [0, 0.05) is 19.8 Å². The van der Waals surface area contributed by atoms with Crippen LogP contribution < -0.4 is 9.46 Å². The minimum Gasteiger partial charge on any atom is -0.496 e. The normalized spacial score (nSPS) is 11.6. The van der Waals surface area contributed by atoms with Gasteiger partial charge in [-0.25, -0.2) is 13.1 Å². The van der Waals surface area contributed by atoms with Crippen LogP contribution in [0.3, 0.4) is 0 Å². The van der Waals surface area contributed by atoms with Gasteiger partial charge in [0.25, 0.3) is 0 Å². The molecule has 0 aliphatic rings. The fourth-order valence-electron chi connectivity index (χ4n) is 1.89. The molecule has 0 saturated carbocycles. The molecule has 6 heteroatoms. The van der Waals surface area contributed by atoms with Crippen LogP contribution in [0.2, 0.25) is 0 Å². The van der Waals surface area contributed by atoms with E-state index in [1.54, 1.807) is 26.2 Å². The molecule has 0 spiro atoms. The average molecular weight is 301 g/mol. The number of nitrogens with one attached hydrogen (secondary N) is 1. The number of methoxy groups -OCH3 is 1. The van der Waals surface area contributed by atoms with Gasteiger partial charge in [-0.15, -0.1) is 0 Å². The van der Waals surface area contributed by atoms with Gasteiger partial charge >= 0.3 is 0 Å². The Balaban J connectivity index is 2.80. The molecule has 0 aliphatic heterocycles. The highest BCUT2D eigenvalue weighted by Gasteiger charge is 2.18. The molecule has 0 fully saturated rings. The van der Waals surface area contributed by atoms with E-state index in [-0.39, 0.29) is 0 Å². The maximum atomic E-state index is 12.2. The second-order valence-corrected chi connectivity index (χ2v) is 6.20. The first kappa shape index (κ1) is 16.9. The smallest absolute Gasteiger partial charge is 0.240 e. The number of hydrogen-bond acceptors (Lipinski definition) is 4. The molecule has 1 N–H and O–H groups in total. The van der Waals surface area contributed by atoms with Crippen molar-refractivity contribution in [3.8, 4) is 5.75 Å². The Bertz CT molecular complexity index is 540. The van der Waals surface area contributed by atoms with Gasteiger partial charge < -0.3 is 9.47 Å². The third-order valence-corrected chi connectivity index (χ3v) is 4.76. The summed E-state index contributed by atoms with van der Waals surface area (Å²) in [5, 5.41) is 0. The third kappa shape index (κ3) is 4.19. The molecule has 5 nitrogen and oxygen atoms in total. The van der Waals surface area contributed by atoms with Crippen LogP contribution in [0, 0.1) is 13.8 Å². The number of ether oxygens (including phenoxy) is 2. The summed E-state index contributed by atoms with van der Waals surface area (Å²) in [7, 11) is -1.92. The Morgan fingerprint density at radius 2 is 1.90 bits per heavy atom. The molecule has 0 unspecified atom stereocenters. The highest BCUT2D eigenvalue weighted by molar-refractivity contribution is 7.89. The van der Waals surface area contributed by atoms with Crippen LogP contribution >= 0.6 is 0 Å². The van der Waals surface area contributed by atoms with Gasteiger partial charge in [-0.05, 0) is 50.5 Å². The Hall–Kier alpha value is -1.11. The summed E-state index contributed by atoms with van der Waals surface area (Å²) in [6, 6.07) is 3.25. The molecule has 0 aliphatic carbocycles. The first-order valence-electron chi connectivity index (χ1n) is 6.65. The minimum absolute atomic E-state index is 0.298. The zero-order valence-electron chi connectivity index (χ0n) is 12.5. The lowest BCUT2D eigenvalue weighted by Crippen LogP contribution is -2.26. The van der Waals surface area contributed by atoms with E-state index >= 15 is 0 Å². The molecule has 0 aromatic heterocycles. The van der Waals surface area contributed by atoms with Gasteiger partial charge in [-0.3, -0.25) is 0 Å². The van der Waals surface area contributed by atoms with Gasteiger partial charge in [-0.2, -0.15) is 0 Å². The Morgan fingerprint density at radius 1 is 1.20 bits per heavy atom. The summed E-state index contributed by atoms with van der Waals surface area (Å²) in [6.07, 6.45) is 0.654. The van der Waals surface area contributed by atoms with Crippen LogP contribution in [0.4, 0.5) is 0 Å². The molecule has 114 valence electrons. The van der Waals surface area contributed by atoms with Crippen molar-refractivity contribution in [2.45, 2.75) is 32.1 Å². The molecule has 0 saturated heterocycles. The van der Waals surface area contributed by atoms with Gasteiger partial charge in [0.05, 0.1) is 12.0 Å². The van der Waals surface area contributed by atoms with E-state index in [0.717, 1.165) is 5.56 Å². The molecule has 1 aromatic carbocycles. The maximum absolute atomic E-state index is 12.2. The van der Waals surface area contributed by atoms with Crippen molar-refractivity contribution in [2.75, 3.05) is 26.9 Å². The summed E-state index contributed by atoms with van der Waals surface area (Å²) < 4.78 is 37.4. The van der Waals surface area contributed by atoms with Crippen molar-refractivity contribution in [2.24, 2.45) is 0 Å². The van der Waals surface area contributed by atoms with Crippen LogP contribution in [-0.4, -0.2) is 35.3 Å². The third-order valence-electron chi connectivity index (χ3n) is 3.16. The molecule has 0 amide bonds. The van der Waals surface area contributed by atoms with E-state index in [9.17, 15) is 8.42 Å². The lowest BCUT2D eigenvalue weighted by atomic mass is 10.1. The fourth-order valence-corrected chi connectivity index (χ4v) is 3.26. The second-order valence-electron chi connectivity index (χ2n) is 4.46. The quantitative estimate of drug-likeness (QED) is 0.746. The second kappa shape index (κ2) is 7.61. The number of rotatable bonds is 8. The maximum Gasteiger partial charge on any atom is 0.240 e. The predicted molar refractivity (Wildman–Crippen MR) is 78.8 cm³/mol. The summed E-state index contributed by atoms with van der Waals surface area (Å²) in [5.41, 5.74) is 1.55. The highest BCUT2D eigenvalue weighted by Crippen LogP contribution is 2.26. The molecule has 1 rings (SSSR count). The molecule has 0 bridgehead atoms. The Morgan fingerprint density at radius 3 is 2.50 bits per heavy atom. The lowest BCUT2D eigenvalue weighted by molar-refractivity contribution is 0.146. The van der Waals surface area contributed by atoms with Crippen molar-refractivity contribution in [1.82, 2.24) is 4.72 Å². The van der Waals surface area contributed by atoms with E-state index in [4.69, 9.17) is 9.47 Å². The molecule has 20 heavy (non-hydrogen) atoms. The summed E-state index contributed by atoms with van der Waals surface area (Å²) in [4.78, 5) is 0.298. The van der Waals surface area contributed by atoms with Crippen molar-refractivity contribution < 1.29 is 17.9 Å². The van der Waals surface area contributed by atoms with Crippen molar-refractivity contribution >= 4 is 10.0 Å². The van der Waals surface area contributed by atoms with Crippen LogP contribution in [-0.2, 0) is 14.8 Å². The standard InChI is InChI=1S/C14H23NO4S/c1-5-19-10-6-9-15-20(16,17)14-8-7-13(18-4)11(2)12(14)3/h7-8,15H,5-6,9-10H2,1-4H3. The van der Waals surface area contributed by atoms with Crippen molar-refractivity contribution in [3.05, 3.63) is 23.3 Å². The van der Waals surface area contributed by atoms with E-state index in [1.807, 2.05) is 13.8 Å². The fraction of sp³-hybridized carbons (Fsp3) is 0.571. The number of benzene rings is 1. The van der Waals surface area contributed by atoms with Crippen LogP contribution in [0.5, 0.6) is 5.75 Å². The largest absolute Gasteiger partial charge is 0.496 e. The van der Waals surface area contributed by atoms with E-state index in [1.165, 1.54) is 0 Å². The zero-order chi connectivity index (χ0) is 15.2. The van der Waals surface area contributed by atoms with Gasteiger partial charge in [0.2, 0.25) is 10.0 Å². The van der Waals surface area contributed by atoms with E-state index in [2.05, 4.69) is 4.72 Å². The van der Waals surface area contributed by atoms with Crippen molar-refractivity contribution in [3.63, 3.8) is 0 Å². The predicted octanol–water partition coefficient (Wildman–Crippen LogP) is 2.02. The first-order valence-corrected chi connectivity index (χ1v) is 8.14. The summed E-state index contributed by atoms with van der Waals surface area (Å²) in [6.45, 7) is 7.11. The molecule has 0 radical (unpaired) electrons. The summed E-state index contributed by atoms with van der Waals surface area (Å²) in [5.74, 6) is 0.692. The molecule has 1 aromatic rings. The lowest BCUT2D eigenvalue weighted by Gasteiger charge is -2.13. The van der Waals surface area contributed by atoms with E-state index < -0.39 is 10.0 Å². The van der Waals surface area contributed by atoms with Crippen LogP contribution in [0.25, 0.3) is 0 Å². The first-order chi connectivity index (χ1) is 9.44. The highest BCUT2D eigenvalue weighted by atomic mass is 32.2. The zero-order valence-corrected chi connectivity index (χ0v) is 13.3.